The first kappa shape index (κ1) is 13.3. The van der Waals surface area contributed by atoms with Crippen LogP contribution in [-0.4, -0.2) is 10.8 Å². The quantitative estimate of drug-likeness (QED) is 0.614. The molecule has 0 N–H and O–H groups in total. The van der Waals surface area contributed by atoms with E-state index in [1.54, 1.807) is 13.8 Å². The van der Waals surface area contributed by atoms with E-state index in [2.05, 4.69) is 20.9 Å². The SMILES string of the molecule is Cc1nc(C)c(C(=O)c2c(F)ccc(Br)c2F)s1. The molecular weight excluding hydrogens is 324 g/mol. The molecule has 2 nitrogen and oxygen atoms in total. The van der Waals surface area contributed by atoms with E-state index in [1.165, 1.54) is 6.07 Å². The highest BCUT2D eigenvalue weighted by molar-refractivity contribution is 9.10. The molecule has 0 unspecified atom stereocenters. The molecule has 0 saturated carbocycles. The molecule has 0 radical (unpaired) electrons. The fourth-order valence-electron chi connectivity index (χ4n) is 1.59. The summed E-state index contributed by atoms with van der Waals surface area (Å²) in [5.74, 6) is -2.42. The smallest absolute Gasteiger partial charge is 0.210 e. The number of hydrogen-bond acceptors (Lipinski definition) is 3. The number of benzene rings is 1. The van der Waals surface area contributed by atoms with Crippen LogP contribution in [0.4, 0.5) is 8.78 Å². The Bertz CT molecular complexity index is 639. The van der Waals surface area contributed by atoms with Gasteiger partial charge in [0.1, 0.15) is 5.82 Å². The zero-order valence-electron chi connectivity index (χ0n) is 9.55. The van der Waals surface area contributed by atoms with Crippen molar-refractivity contribution in [3.63, 3.8) is 0 Å². The predicted molar refractivity (Wildman–Crippen MR) is 69.1 cm³/mol. The number of halogens is 3. The summed E-state index contributed by atoms with van der Waals surface area (Å²) in [5, 5.41) is 0.687. The molecule has 0 aliphatic heterocycles. The van der Waals surface area contributed by atoms with Crippen LogP contribution in [0.1, 0.15) is 25.9 Å². The summed E-state index contributed by atoms with van der Waals surface area (Å²) >= 11 is 4.07. The fraction of sp³-hybridized carbons (Fsp3) is 0.167. The Morgan fingerprint density at radius 1 is 1.33 bits per heavy atom. The first-order valence-electron chi connectivity index (χ1n) is 5.04. The molecule has 1 aromatic carbocycles. The Hall–Kier alpha value is -1.14. The number of carbonyl (C=O) groups excluding carboxylic acids is 1. The van der Waals surface area contributed by atoms with Crippen LogP contribution in [-0.2, 0) is 0 Å². The normalized spacial score (nSPS) is 10.7. The second-order valence-electron chi connectivity index (χ2n) is 3.69. The van der Waals surface area contributed by atoms with E-state index < -0.39 is 23.0 Å². The van der Waals surface area contributed by atoms with Crippen molar-refractivity contribution in [2.24, 2.45) is 0 Å². The van der Waals surface area contributed by atoms with Crippen LogP contribution in [0.5, 0.6) is 0 Å². The Labute approximate surface area is 115 Å². The van der Waals surface area contributed by atoms with Gasteiger partial charge in [0.05, 0.1) is 25.6 Å². The lowest BCUT2D eigenvalue weighted by molar-refractivity contribution is 0.103. The number of aryl methyl sites for hydroxylation is 2. The molecule has 2 rings (SSSR count). The van der Waals surface area contributed by atoms with Crippen LogP contribution in [0.25, 0.3) is 0 Å². The van der Waals surface area contributed by atoms with E-state index in [0.717, 1.165) is 17.4 Å². The van der Waals surface area contributed by atoms with Gasteiger partial charge in [0.2, 0.25) is 5.78 Å². The molecule has 0 fully saturated rings. The number of ketones is 1. The van der Waals surface area contributed by atoms with Crippen LogP contribution < -0.4 is 0 Å². The van der Waals surface area contributed by atoms with E-state index in [1.807, 2.05) is 0 Å². The summed E-state index contributed by atoms with van der Waals surface area (Å²) in [5.41, 5.74) is -0.0580. The standard InChI is InChI=1S/C12H8BrF2NOS/c1-5-12(18-6(2)16-5)11(17)9-8(14)4-3-7(13)10(9)15/h3-4H,1-2H3. The molecule has 1 aromatic heterocycles. The Morgan fingerprint density at radius 3 is 2.56 bits per heavy atom. The van der Waals surface area contributed by atoms with Crippen molar-refractivity contribution in [3.8, 4) is 0 Å². The number of rotatable bonds is 2. The molecule has 6 heteroatoms. The zero-order valence-corrected chi connectivity index (χ0v) is 12.0. The largest absolute Gasteiger partial charge is 0.287 e. The van der Waals surface area contributed by atoms with Gasteiger partial charge in [-0.25, -0.2) is 13.8 Å². The van der Waals surface area contributed by atoms with Crippen molar-refractivity contribution >= 4 is 33.0 Å². The van der Waals surface area contributed by atoms with Gasteiger partial charge in [-0.15, -0.1) is 11.3 Å². The number of hydrogen-bond donors (Lipinski definition) is 0. The molecule has 0 amide bonds. The van der Waals surface area contributed by atoms with Crippen molar-refractivity contribution < 1.29 is 13.6 Å². The van der Waals surface area contributed by atoms with Gasteiger partial charge in [-0.05, 0) is 41.9 Å². The minimum atomic E-state index is -0.884. The van der Waals surface area contributed by atoms with Crippen molar-refractivity contribution in [1.29, 1.82) is 0 Å². The van der Waals surface area contributed by atoms with Gasteiger partial charge in [0.25, 0.3) is 0 Å². The summed E-state index contributed by atoms with van der Waals surface area (Å²) in [4.78, 5) is 16.5. The average Bonchev–Trinajstić information content (AvgIpc) is 2.63. The van der Waals surface area contributed by atoms with Crippen LogP contribution in [0.2, 0.25) is 0 Å². The maximum absolute atomic E-state index is 13.8. The highest BCUT2D eigenvalue weighted by Gasteiger charge is 2.24. The lowest BCUT2D eigenvalue weighted by Crippen LogP contribution is -2.07. The van der Waals surface area contributed by atoms with E-state index in [-0.39, 0.29) is 9.35 Å². The van der Waals surface area contributed by atoms with E-state index in [0.29, 0.717) is 10.7 Å². The van der Waals surface area contributed by atoms with Crippen LogP contribution in [0.15, 0.2) is 16.6 Å². The number of nitrogens with zero attached hydrogens (tertiary/aromatic N) is 1. The highest BCUT2D eigenvalue weighted by atomic mass is 79.9. The second-order valence-corrected chi connectivity index (χ2v) is 5.75. The maximum Gasteiger partial charge on any atom is 0.210 e. The summed E-state index contributed by atoms with van der Waals surface area (Å²) in [7, 11) is 0. The van der Waals surface area contributed by atoms with Crippen LogP contribution >= 0.6 is 27.3 Å². The minimum Gasteiger partial charge on any atom is -0.287 e. The maximum atomic E-state index is 13.8. The average molecular weight is 332 g/mol. The van der Waals surface area contributed by atoms with Crippen molar-refractivity contribution in [1.82, 2.24) is 4.98 Å². The molecule has 0 spiro atoms. The van der Waals surface area contributed by atoms with Gasteiger partial charge in [-0.3, -0.25) is 4.79 Å². The molecule has 18 heavy (non-hydrogen) atoms. The van der Waals surface area contributed by atoms with E-state index in [9.17, 15) is 13.6 Å². The number of thiazole rings is 1. The third-order valence-corrected chi connectivity index (χ3v) is 4.06. The lowest BCUT2D eigenvalue weighted by Gasteiger charge is -2.04. The minimum absolute atomic E-state index is 0.0612. The van der Waals surface area contributed by atoms with Crippen molar-refractivity contribution in [2.75, 3.05) is 0 Å². The second kappa shape index (κ2) is 4.85. The molecule has 0 bridgehead atoms. The van der Waals surface area contributed by atoms with Gasteiger partial charge in [-0.2, -0.15) is 0 Å². The van der Waals surface area contributed by atoms with Crippen molar-refractivity contribution in [3.05, 3.63) is 49.4 Å². The van der Waals surface area contributed by atoms with Gasteiger partial charge in [-0.1, -0.05) is 0 Å². The van der Waals surface area contributed by atoms with Gasteiger partial charge >= 0.3 is 0 Å². The van der Waals surface area contributed by atoms with Gasteiger partial charge < -0.3 is 0 Å². The molecular formula is C12H8BrF2NOS. The first-order chi connectivity index (χ1) is 8.41. The Kier molecular flexibility index (Phi) is 3.59. The fourth-order valence-corrected chi connectivity index (χ4v) is 2.79. The zero-order chi connectivity index (χ0) is 13.4. The molecule has 0 saturated heterocycles. The molecule has 1 heterocycles. The van der Waals surface area contributed by atoms with Crippen LogP contribution in [0, 0.1) is 25.5 Å². The van der Waals surface area contributed by atoms with E-state index in [4.69, 9.17) is 0 Å². The monoisotopic (exact) mass is 331 g/mol. The number of carbonyl (C=O) groups is 1. The molecule has 0 atom stereocenters. The molecule has 2 aromatic rings. The van der Waals surface area contributed by atoms with Crippen LogP contribution in [0.3, 0.4) is 0 Å². The first-order valence-corrected chi connectivity index (χ1v) is 6.65. The summed E-state index contributed by atoms with van der Waals surface area (Å²) < 4.78 is 27.5. The van der Waals surface area contributed by atoms with Crippen molar-refractivity contribution in [2.45, 2.75) is 13.8 Å². The summed E-state index contributed by atoms with van der Waals surface area (Å²) in [6.07, 6.45) is 0. The highest BCUT2D eigenvalue weighted by Crippen LogP contribution is 2.27. The molecule has 0 aliphatic carbocycles. The molecule has 0 aliphatic rings. The lowest BCUT2D eigenvalue weighted by atomic mass is 10.1. The van der Waals surface area contributed by atoms with Gasteiger partial charge in [0.15, 0.2) is 5.82 Å². The topological polar surface area (TPSA) is 30.0 Å². The Morgan fingerprint density at radius 2 is 2.00 bits per heavy atom. The van der Waals surface area contributed by atoms with Gasteiger partial charge in [0, 0.05) is 0 Å². The van der Waals surface area contributed by atoms with E-state index >= 15 is 0 Å². The predicted octanol–water partition coefficient (Wildman–Crippen LogP) is 4.03. The number of aromatic nitrogens is 1. The molecule has 94 valence electrons. The third kappa shape index (κ3) is 2.22. The summed E-state index contributed by atoms with van der Waals surface area (Å²) in [6, 6.07) is 2.29. The summed E-state index contributed by atoms with van der Waals surface area (Å²) in [6.45, 7) is 3.38. The third-order valence-electron chi connectivity index (χ3n) is 2.38. The Balaban J connectivity index is 2.60.